The van der Waals surface area contributed by atoms with Crippen LogP contribution in [-0.2, 0) is 27.8 Å². The molecule has 0 spiro atoms. The normalized spacial score (nSPS) is 15.0. The van der Waals surface area contributed by atoms with Crippen LogP contribution in [0, 0.1) is 0 Å². The lowest BCUT2D eigenvalue weighted by atomic mass is 9.99. The number of hydrogen-bond donors (Lipinski definition) is 2. The van der Waals surface area contributed by atoms with Gasteiger partial charge in [0.1, 0.15) is 18.5 Å². The van der Waals surface area contributed by atoms with Crippen LogP contribution in [0.4, 0.5) is 0 Å². The maximum Gasteiger partial charge on any atom is 0.251 e. The van der Waals surface area contributed by atoms with Gasteiger partial charge in [0, 0.05) is 19.6 Å². The lowest BCUT2D eigenvalue weighted by molar-refractivity contribution is -0.140. The van der Waals surface area contributed by atoms with E-state index in [1.54, 1.807) is 35.2 Å². The number of nitrogens with zero attached hydrogens (tertiary/aromatic N) is 1. The molecule has 0 radical (unpaired) electrons. The summed E-state index contributed by atoms with van der Waals surface area (Å²) >= 11 is 0. The SMILES string of the molecule is C[C@@H](O)C(=O)N1CCc2ccc(S(=O)(=O)NCCOc3ccccc3)cc2C1. The molecule has 1 amide bonds. The summed E-state index contributed by atoms with van der Waals surface area (Å²) in [6.45, 7) is 2.59. The zero-order chi connectivity index (χ0) is 20.1. The number of aliphatic hydroxyl groups excluding tert-OH is 1. The van der Waals surface area contributed by atoms with Crippen molar-refractivity contribution in [1.82, 2.24) is 9.62 Å². The average molecular weight is 404 g/mol. The Labute approximate surface area is 165 Å². The first-order chi connectivity index (χ1) is 13.4. The Kier molecular flexibility index (Phi) is 6.33. The van der Waals surface area contributed by atoms with E-state index in [4.69, 9.17) is 4.74 Å². The van der Waals surface area contributed by atoms with Crippen LogP contribution in [0.15, 0.2) is 53.4 Å². The molecule has 0 aliphatic carbocycles. The Hall–Kier alpha value is -2.42. The number of carbonyl (C=O) groups is 1. The minimum absolute atomic E-state index is 0.140. The molecule has 2 N–H and O–H groups in total. The topological polar surface area (TPSA) is 95.9 Å². The van der Waals surface area contributed by atoms with Crippen molar-refractivity contribution in [2.24, 2.45) is 0 Å². The van der Waals surface area contributed by atoms with E-state index in [1.165, 1.54) is 6.92 Å². The monoisotopic (exact) mass is 404 g/mol. The first-order valence-corrected chi connectivity index (χ1v) is 10.6. The second kappa shape index (κ2) is 8.72. The third-order valence-corrected chi connectivity index (χ3v) is 6.03. The molecule has 1 atom stereocenters. The summed E-state index contributed by atoms with van der Waals surface area (Å²) in [4.78, 5) is 13.7. The molecule has 2 aromatic rings. The van der Waals surface area contributed by atoms with Crippen molar-refractivity contribution in [1.29, 1.82) is 0 Å². The first-order valence-electron chi connectivity index (χ1n) is 9.13. The fourth-order valence-electron chi connectivity index (χ4n) is 3.10. The summed E-state index contributed by atoms with van der Waals surface area (Å²) in [6.07, 6.45) is -0.438. The van der Waals surface area contributed by atoms with E-state index in [0.29, 0.717) is 25.3 Å². The number of carbonyl (C=O) groups excluding carboxylic acids is 1. The van der Waals surface area contributed by atoms with E-state index in [1.807, 2.05) is 18.2 Å². The van der Waals surface area contributed by atoms with Crippen LogP contribution in [0.3, 0.4) is 0 Å². The number of para-hydroxylation sites is 1. The second-order valence-electron chi connectivity index (χ2n) is 6.68. The van der Waals surface area contributed by atoms with Crippen molar-refractivity contribution in [3.63, 3.8) is 0 Å². The van der Waals surface area contributed by atoms with Gasteiger partial charge in [-0.1, -0.05) is 24.3 Å². The molecule has 1 aliphatic heterocycles. The van der Waals surface area contributed by atoms with Gasteiger partial charge in [0.05, 0.1) is 4.90 Å². The predicted molar refractivity (Wildman–Crippen MR) is 104 cm³/mol. The van der Waals surface area contributed by atoms with Crippen LogP contribution in [0.2, 0.25) is 0 Å². The van der Waals surface area contributed by atoms with Gasteiger partial charge < -0.3 is 14.7 Å². The highest BCUT2D eigenvalue weighted by molar-refractivity contribution is 7.89. The van der Waals surface area contributed by atoms with Crippen LogP contribution >= 0.6 is 0 Å². The molecule has 0 bridgehead atoms. The summed E-state index contributed by atoms with van der Waals surface area (Å²) in [6, 6.07) is 14.1. The van der Waals surface area contributed by atoms with Gasteiger partial charge in [-0.3, -0.25) is 4.79 Å². The zero-order valence-electron chi connectivity index (χ0n) is 15.7. The summed E-state index contributed by atoms with van der Waals surface area (Å²) < 4.78 is 33.2. The second-order valence-corrected chi connectivity index (χ2v) is 8.44. The van der Waals surface area contributed by atoms with Crippen molar-refractivity contribution < 1.29 is 23.1 Å². The molecule has 3 rings (SSSR count). The highest BCUT2D eigenvalue weighted by atomic mass is 32.2. The molecule has 1 heterocycles. The maximum absolute atomic E-state index is 12.6. The summed E-state index contributed by atoms with van der Waals surface area (Å²) in [5, 5.41) is 9.50. The number of rotatable bonds is 7. The Morgan fingerprint density at radius 2 is 1.96 bits per heavy atom. The van der Waals surface area contributed by atoms with Gasteiger partial charge in [-0.15, -0.1) is 0 Å². The highest BCUT2D eigenvalue weighted by Crippen LogP contribution is 2.23. The quantitative estimate of drug-likeness (QED) is 0.679. The maximum atomic E-state index is 12.6. The number of ether oxygens (including phenoxy) is 1. The largest absolute Gasteiger partial charge is 0.492 e. The van der Waals surface area contributed by atoms with E-state index < -0.39 is 16.1 Å². The lowest BCUT2D eigenvalue weighted by Crippen LogP contribution is -2.41. The third-order valence-electron chi connectivity index (χ3n) is 4.58. The van der Waals surface area contributed by atoms with Crippen molar-refractivity contribution in [2.45, 2.75) is 30.9 Å². The number of hydrogen-bond acceptors (Lipinski definition) is 5. The minimum Gasteiger partial charge on any atom is -0.492 e. The fraction of sp³-hybridized carbons (Fsp3) is 0.350. The van der Waals surface area contributed by atoms with Gasteiger partial charge >= 0.3 is 0 Å². The van der Waals surface area contributed by atoms with E-state index in [9.17, 15) is 18.3 Å². The number of sulfonamides is 1. The number of benzene rings is 2. The van der Waals surface area contributed by atoms with Crippen LogP contribution in [-0.4, -0.2) is 50.1 Å². The van der Waals surface area contributed by atoms with Crippen LogP contribution in [0.1, 0.15) is 18.1 Å². The summed E-state index contributed by atoms with van der Waals surface area (Å²) in [5.74, 6) is 0.327. The van der Waals surface area contributed by atoms with Gasteiger partial charge in [-0.2, -0.15) is 0 Å². The third kappa shape index (κ3) is 4.89. The molecule has 7 nitrogen and oxygen atoms in total. The van der Waals surface area contributed by atoms with Gasteiger partial charge in [0.25, 0.3) is 5.91 Å². The first kappa shape index (κ1) is 20.3. The number of fused-ring (bicyclic) bond motifs is 1. The zero-order valence-corrected chi connectivity index (χ0v) is 16.5. The van der Waals surface area contributed by atoms with Gasteiger partial charge in [-0.25, -0.2) is 13.1 Å². The molecular formula is C20H24N2O5S. The number of amides is 1. The van der Waals surface area contributed by atoms with Crippen molar-refractivity contribution in [3.05, 3.63) is 59.7 Å². The summed E-state index contributed by atoms with van der Waals surface area (Å²) in [5.41, 5.74) is 1.80. The Morgan fingerprint density at radius 3 is 2.68 bits per heavy atom. The number of aliphatic hydroxyl groups is 1. The van der Waals surface area contributed by atoms with Crippen molar-refractivity contribution >= 4 is 15.9 Å². The molecule has 0 saturated heterocycles. The van der Waals surface area contributed by atoms with Gasteiger partial charge in [-0.05, 0) is 48.7 Å². The average Bonchev–Trinajstić information content (AvgIpc) is 2.70. The molecule has 0 fully saturated rings. The molecular weight excluding hydrogens is 380 g/mol. The molecule has 0 aromatic heterocycles. The standard InChI is InChI=1S/C20H24N2O5S/c1-15(23)20(24)22-11-9-16-7-8-19(13-17(16)14-22)28(25,26)21-10-12-27-18-5-3-2-4-6-18/h2-8,13,15,21,23H,9-12,14H2,1H3/t15-/m1/s1. The van der Waals surface area contributed by atoms with Crippen LogP contribution < -0.4 is 9.46 Å². The molecule has 1 aliphatic rings. The minimum atomic E-state index is -3.69. The Balaban J connectivity index is 1.63. The Morgan fingerprint density at radius 1 is 1.21 bits per heavy atom. The molecule has 28 heavy (non-hydrogen) atoms. The van der Waals surface area contributed by atoms with Gasteiger partial charge in [0.2, 0.25) is 10.0 Å². The van der Waals surface area contributed by atoms with Gasteiger partial charge in [0.15, 0.2) is 0 Å². The van der Waals surface area contributed by atoms with E-state index >= 15 is 0 Å². The fourth-order valence-corrected chi connectivity index (χ4v) is 4.16. The number of nitrogens with one attached hydrogen (secondary N) is 1. The van der Waals surface area contributed by atoms with Crippen LogP contribution in [0.25, 0.3) is 0 Å². The Bertz CT molecular complexity index is 929. The van der Waals surface area contributed by atoms with Crippen LogP contribution in [0.5, 0.6) is 5.75 Å². The molecule has 0 unspecified atom stereocenters. The lowest BCUT2D eigenvalue weighted by Gasteiger charge is -2.30. The van der Waals surface area contributed by atoms with Crippen molar-refractivity contribution in [3.8, 4) is 5.75 Å². The predicted octanol–water partition coefficient (Wildman–Crippen LogP) is 1.31. The molecule has 150 valence electrons. The van der Waals surface area contributed by atoms with E-state index in [-0.39, 0.29) is 24.0 Å². The smallest absolute Gasteiger partial charge is 0.251 e. The highest BCUT2D eigenvalue weighted by Gasteiger charge is 2.25. The molecule has 2 aromatic carbocycles. The molecule has 0 saturated carbocycles. The van der Waals surface area contributed by atoms with E-state index in [0.717, 1.165) is 11.1 Å². The summed E-state index contributed by atoms with van der Waals surface area (Å²) in [7, 11) is -3.69. The van der Waals surface area contributed by atoms with E-state index in [2.05, 4.69) is 4.72 Å². The van der Waals surface area contributed by atoms with Crippen molar-refractivity contribution in [2.75, 3.05) is 19.7 Å². The molecule has 8 heteroatoms.